The van der Waals surface area contributed by atoms with Gasteiger partial charge in [0.05, 0.1) is 0 Å². The van der Waals surface area contributed by atoms with Gasteiger partial charge in [-0.3, -0.25) is 4.74 Å². The average molecular weight is 378 g/mol. The van der Waals surface area contributed by atoms with Gasteiger partial charge in [-0.05, 0) is 0 Å². The van der Waals surface area contributed by atoms with E-state index in [1.165, 1.54) is 4.74 Å². The maximum absolute atomic E-state index is 12.7. The Morgan fingerprint density at radius 3 is 1.48 bits per heavy atom. The van der Waals surface area contributed by atoms with Gasteiger partial charge in [-0.2, -0.15) is 52.7 Å². The predicted octanol–water partition coefficient (Wildman–Crippen LogP) is 3.38. The molecular formula is C7H2F12O4. The Hall–Kier alpha value is -1.45. The van der Waals surface area contributed by atoms with Gasteiger partial charge in [0.25, 0.3) is 0 Å². The number of carboxylic acids is 1. The first-order chi connectivity index (χ1) is 9.82. The molecule has 0 atom stereocenters. The molecule has 138 valence electrons. The summed E-state index contributed by atoms with van der Waals surface area (Å²) in [6, 6.07) is 0. The third-order valence-electron chi connectivity index (χ3n) is 1.86. The fourth-order valence-corrected chi connectivity index (χ4v) is 0.769. The second kappa shape index (κ2) is 5.88. The summed E-state index contributed by atoms with van der Waals surface area (Å²) in [7, 11) is 0. The molecule has 0 aromatic rings. The molecule has 0 amide bonds. The van der Waals surface area contributed by atoms with Crippen LogP contribution in [0, 0.1) is 0 Å². The second-order valence-electron chi connectivity index (χ2n) is 3.48. The van der Waals surface area contributed by atoms with Crippen molar-refractivity contribution in [3.8, 4) is 0 Å². The first-order valence-electron chi connectivity index (χ1n) is 4.60. The molecule has 4 nitrogen and oxygen atoms in total. The summed E-state index contributed by atoms with van der Waals surface area (Å²) in [6.07, 6.45) is -21.0. The summed E-state index contributed by atoms with van der Waals surface area (Å²) in [5.41, 5.74) is 0. The molecule has 0 radical (unpaired) electrons. The number of alkyl halides is 12. The van der Waals surface area contributed by atoms with Gasteiger partial charge in [0.15, 0.2) is 0 Å². The Morgan fingerprint density at radius 2 is 1.17 bits per heavy atom. The van der Waals surface area contributed by atoms with Crippen LogP contribution in [0.25, 0.3) is 0 Å². The summed E-state index contributed by atoms with van der Waals surface area (Å²) < 4.78 is 151. The maximum atomic E-state index is 12.7. The first-order valence-corrected chi connectivity index (χ1v) is 4.60. The Kier molecular flexibility index (Phi) is 5.51. The Labute approximate surface area is 116 Å². The lowest BCUT2D eigenvalue weighted by Crippen LogP contribution is -2.61. The van der Waals surface area contributed by atoms with Crippen molar-refractivity contribution in [2.75, 3.05) is 0 Å². The zero-order valence-electron chi connectivity index (χ0n) is 9.78. The van der Waals surface area contributed by atoms with E-state index in [9.17, 15) is 57.5 Å². The SMILES string of the molecule is O=C(O)C(F)(F)C(F)(F)OC(F)(F)C(F)(F)C(F)(F)OC(F)F. The maximum Gasteiger partial charge on any atom is 0.435 e. The summed E-state index contributed by atoms with van der Waals surface area (Å²) in [4.78, 5) is 9.73. The molecule has 0 aliphatic rings. The number of aliphatic carboxylic acids is 1. The molecular weight excluding hydrogens is 376 g/mol. The third kappa shape index (κ3) is 3.91. The van der Waals surface area contributed by atoms with Crippen LogP contribution in [0.2, 0.25) is 0 Å². The minimum absolute atomic E-state index is 1.53. The summed E-state index contributed by atoms with van der Waals surface area (Å²) in [5, 5.41) is 7.64. The molecule has 1 N–H and O–H groups in total. The molecule has 0 aliphatic carbocycles. The summed E-state index contributed by atoms with van der Waals surface area (Å²) in [6.45, 7) is -4.80. The normalized spacial score (nSPS) is 15.2. The largest absolute Gasteiger partial charge is 0.477 e. The minimum atomic E-state index is -7.31. The number of hydrogen-bond acceptors (Lipinski definition) is 3. The smallest absolute Gasteiger partial charge is 0.435 e. The lowest BCUT2D eigenvalue weighted by Gasteiger charge is -2.34. The molecule has 0 spiro atoms. The van der Waals surface area contributed by atoms with Crippen LogP contribution in [0.3, 0.4) is 0 Å². The first kappa shape index (κ1) is 21.6. The standard InChI is InChI=1S/C7H2F12O4/c8-2(9)22-6(16,17)4(12,13)7(18,19)23-5(14,15)3(10,11)1(20)21/h2H,(H,20,21). The van der Waals surface area contributed by atoms with E-state index in [-0.39, 0.29) is 0 Å². The molecule has 0 bridgehead atoms. The highest BCUT2D eigenvalue weighted by atomic mass is 19.4. The van der Waals surface area contributed by atoms with Crippen LogP contribution in [-0.2, 0) is 14.3 Å². The fraction of sp³-hybridized carbons (Fsp3) is 0.857. The van der Waals surface area contributed by atoms with Crippen LogP contribution in [0.4, 0.5) is 52.7 Å². The van der Waals surface area contributed by atoms with E-state index in [1.54, 1.807) is 0 Å². The Bertz CT molecular complexity index is 447. The fourth-order valence-electron chi connectivity index (χ4n) is 0.769. The predicted molar refractivity (Wildman–Crippen MR) is 40.5 cm³/mol. The van der Waals surface area contributed by atoms with Crippen LogP contribution in [-0.4, -0.2) is 47.9 Å². The molecule has 0 aromatic carbocycles. The van der Waals surface area contributed by atoms with Gasteiger partial charge in [0.1, 0.15) is 0 Å². The molecule has 23 heavy (non-hydrogen) atoms. The van der Waals surface area contributed by atoms with E-state index in [4.69, 9.17) is 5.11 Å². The highest BCUT2D eigenvalue weighted by Gasteiger charge is 2.80. The minimum Gasteiger partial charge on any atom is -0.477 e. The lowest BCUT2D eigenvalue weighted by molar-refractivity contribution is -0.512. The van der Waals surface area contributed by atoms with Gasteiger partial charge >= 0.3 is 42.8 Å². The zero-order valence-corrected chi connectivity index (χ0v) is 9.78. The van der Waals surface area contributed by atoms with Gasteiger partial charge in [0.2, 0.25) is 0 Å². The molecule has 0 heterocycles. The van der Waals surface area contributed by atoms with Crippen molar-refractivity contribution in [2.24, 2.45) is 0 Å². The average Bonchev–Trinajstić information content (AvgIpc) is 2.24. The van der Waals surface area contributed by atoms with Gasteiger partial charge in [0, 0.05) is 0 Å². The Morgan fingerprint density at radius 1 is 0.783 bits per heavy atom. The van der Waals surface area contributed by atoms with E-state index in [0.29, 0.717) is 0 Å². The van der Waals surface area contributed by atoms with Crippen LogP contribution < -0.4 is 0 Å². The van der Waals surface area contributed by atoms with Crippen molar-refractivity contribution in [1.29, 1.82) is 0 Å². The Balaban J connectivity index is 5.68. The molecule has 0 saturated carbocycles. The topological polar surface area (TPSA) is 55.8 Å². The molecule has 0 saturated heterocycles. The van der Waals surface area contributed by atoms with Crippen LogP contribution >= 0.6 is 0 Å². The van der Waals surface area contributed by atoms with Gasteiger partial charge in [-0.1, -0.05) is 0 Å². The monoisotopic (exact) mass is 378 g/mol. The number of carboxylic acid groups (broad SMARTS) is 1. The van der Waals surface area contributed by atoms with Crippen LogP contribution in [0.5, 0.6) is 0 Å². The van der Waals surface area contributed by atoms with Crippen molar-refractivity contribution in [3.63, 3.8) is 0 Å². The summed E-state index contributed by atoms with van der Waals surface area (Å²) >= 11 is 0. The van der Waals surface area contributed by atoms with Crippen LogP contribution in [0.15, 0.2) is 0 Å². The van der Waals surface area contributed by atoms with Gasteiger partial charge in [-0.25, -0.2) is 9.53 Å². The summed E-state index contributed by atoms with van der Waals surface area (Å²) in [5.74, 6) is -17.7. The van der Waals surface area contributed by atoms with E-state index in [0.717, 1.165) is 0 Å². The quantitative estimate of drug-likeness (QED) is 0.659. The second-order valence-corrected chi connectivity index (χ2v) is 3.48. The highest BCUT2D eigenvalue weighted by Crippen LogP contribution is 2.51. The van der Waals surface area contributed by atoms with Crippen molar-refractivity contribution in [3.05, 3.63) is 0 Å². The van der Waals surface area contributed by atoms with E-state index in [1.807, 2.05) is 4.74 Å². The van der Waals surface area contributed by atoms with Crippen LogP contribution in [0.1, 0.15) is 0 Å². The molecule has 0 rings (SSSR count). The molecule has 0 unspecified atom stereocenters. The zero-order chi connectivity index (χ0) is 19.1. The van der Waals surface area contributed by atoms with Crippen molar-refractivity contribution in [1.82, 2.24) is 0 Å². The van der Waals surface area contributed by atoms with Crippen molar-refractivity contribution < 1.29 is 72.1 Å². The number of hydrogen-bond donors (Lipinski definition) is 1. The molecule has 0 fully saturated rings. The molecule has 16 heteroatoms. The number of ether oxygens (including phenoxy) is 2. The lowest BCUT2D eigenvalue weighted by atomic mass is 10.2. The third-order valence-corrected chi connectivity index (χ3v) is 1.86. The van der Waals surface area contributed by atoms with Gasteiger partial charge < -0.3 is 5.11 Å². The van der Waals surface area contributed by atoms with E-state index in [2.05, 4.69) is 0 Å². The van der Waals surface area contributed by atoms with Gasteiger partial charge in [-0.15, -0.1) is 0 Å². The molecule has 0 aromatic heterocycles. The molecule has 0 aliphatic heterocycles. The number of carbonyl (C=O) groups is 1. The van der Waals surface area contributed by atoms with Crippen molar-refractivity contribution in [2.45, 2.75) is 36.8 Å². The van der Waals surface area contributed by atoms with E-state index >= 15 is 0 Å². The van der Waals surface area contributed by atoms with E-state index < -0.39 is 42.8 Å². The highest BCUT2D eigenvalue weighted by molar-refractivity contribution is 5.76. The number of rotatable bonds is 8. The number of halogens is 12. The van der Waals surface area contributed by atoms with Crippen molar-refractivity contribution >= 4 is 5.97 Å².